The molecule has 0 bridgehead atoms. The summed E-state index contributed by atoms with van der Waals surface area (Å²) >= 11 is 3.44. The van der Waals surface area contributed by atoms with Gasteiger partial charge >= 0.3 is 0 Å². The van der Waals surface area contributed by atoms with Crippen molar-refractivity contribution in [1.29, 1.82) is 0 Å². The van der Waals surface area contributed by atoms with Gasteiger partial charge in [-0.05, 0) is 52.9 Å². The van der Waals surface area contributed by atoms with Crippen molar-refractivity contribution >= 4 is 21.6 Å². The number of halogens is 1. The van der Waals surface area contributed by atoms with Crippen LogP contribution >= 0.6 is 15.9 Å². The fourth-order valence-electron chi connectivity index (χ4n) is 2.94. The lowest BCUT2D eigenvalue weighted by molar-refractivity contribution is 0.260. The average Bonchev–Trinajstić information content (AvgIpc) is 2.42. The third kappa shape index (κ3) is 4.09. The smallest absolute Gasteiger partial charge is 0.283 e. The van der Waals surface area contributed by atoms with Crippen molar-refractivity contribution in [1.82, 2.24) is 9.78 Å². The van der Waals surface area contributed by atoms with E-state index in [0.29, 0.717) is 23.0 Å². The number of anilines is 1. The van der Waals surface area contributed by atoms with E-state index in [9.17, 15) is 4.79 Å². The van der Waals surface area contributed by atoms with Gasteiger partial charge in [0, 0.05) is 12.6 Å². The monoisotopic (exact) mass is 355 g/mol. The molecule has 1 heterocycles. The van der Waals surface area contributed by atoms with Crippen LogP contribution in [0.15, 0.2) is 15.5 Å². The zero-order chi connectivity index (χ0) is 15.6. The molecule has 0 amide bonds. The van der Waals surface area contributed by atoms with Crippen LogP contribution in [-0.2, 0) is 6.54 Å². The standard InChI is InChI=1S/C16H26BrN3O/c1-10(2)9-20-16(21)15(17)14(8-18-20)19-13-6-5-11(3)12(4)7-13/h8,10-13,19H,5-7,9H2,1-4H3. The number of hydrogen-bond donors (Lipinski definition) is 1. The van der Waals surface area contributed by atoms with Gasteiger partial charge in [-0.3, -0.25) is 4.79 Å². The van der Waals surface area contributed by atoms with Gasteiger partial charge in [0.1, 0.15) is 4.47 Å². The predicted molar refractivity (Wildman–Crippen MR) is 90.6 cm³/mol. The van der Waals surface area contributed by atoms with E-state index in [0.717, 1.165) is 30.4 Å². The zero-order valence-electron chi connectivity index (χ0n) is 13.4. The average molecular weight is 356 g/mol. The van der Waals surface area contributed by atoms with E-state index in [2.05, 4.69) is 54.0 Å². The lowest BCUT2D eigenvalue weighted by Gasteiger charge is -2.33. The number of rotatable bonds is 4. The van der Waals surface area contributed by atoms with Crippen LogP contribution in [0.25, 0.3) is 0 Å². The summed E-state index contributed by atoms with van der Waals surface area (Å²) in [7, 11) is 0. The Morgan fingerprint density at radius 1 is 1.38 bits per heavy atom. The van der Waals surface area contributed by atoms with Crippen LogP contribution in [0.2, 0.25) is 0 Å². The second-order valence-electron chi connectivity index (χ2n) is 6.86. The van der Waals surface area contributed by atoms with E-state index in [1.807, 2.05) is 0 Å². The molecule has 118 valence electrons. The topological polar surface area (TPSA) is 46.9 Å². The molecule has 1 aliphatic rings. The molecule has 1 saturated carbocycles. The van der Waals surface area contributed by atoms with Crippen molar-refractivity contribution in [3.63, 3.8) is 0 Å². The van der Waals surface area contributed by atoms with Gasteiger partial charge in [-0.25, -0.2) is 4.68 Å². The molecule has 2 rings (SSSR count). The van der Waals surface area contributed by atoms with Crippen LogP contribution < -0.4 is 10.9 Å². The molecule has 3 unspecified atom stereocenters. The summed E-state index contributed by atoms with van der Waals surface area (Å²) in [6.45, 7) is 9.45. The lowest BCUT2D eigenvalue weighted by atomic mass is 9.79. The van der Waals surface area contributed by atoms with Crippen LogP contribution in [0.4, 0.5) is 5.69 Å². The molecule has 1 aromatic heterocycles. The third-order valence-electron chi connectivity index (χ3n) is 4.48. The molecule has 0 radical (unpaired) electrons. The normalized spacial score (nSPS) is 26.1. The van der Waals surface area contributed by atoms with E-state index in [4.69, 9.17) is 0 Å². The van der Waals surface area contributed by atoms with Gasteiger partial charge in [0.05, 0.1) is 11.9 Å². The Balaban J connectivity index is 2.11. The van der Waals surface area contributed by atoms with Crippen molar-refractivity contribution < 1.29 is 0 Å². The lowest BCUT2D eigenvalue weighted by Crippen LogP contribution is -2.32. The van der Waals surface area contributed by atoms with Gasteiger partial charge in [-0.15, -0.1) is 0 Å². The summed E-state index contributed by atoms with van der Waals surface area (Å²) in [6.07, 6.45) is 5.33. The van der Waals surface area contributed by atoms with Gasteiger partial charge in [-0.2, -0.15) is 5.10 Å². The second kappa shape index (κ2) is 6.95. The van der Waals surface area contributed by atoms with Crippen LogP contribution in [0.3, 0.4) is 0 Å². The molecule has 1 fully saturated rings. The van der Waals surface area contributed by atoms with E-state index >= 15 is 0 Å². The maximum absolute atomic E-state index is 12.3. The molecule has 5 heteroatoms. The van der Waals surface area contributed by atoms with Gasteiger partial charge in [0.25, 0.3) is 5.56 Å². The first-order valence-electron chi connectivity index (χ1n) is 7.90. The number of aromatic nitrogens is 2. The zero-order valence-corrected chi connectivity index (χ0v) is 15.0. The van der Waals surface area contributed by atoms with Crippen LogP contribution in [-0.4, -0.2) is 15.8 Å². The molecule has 0 saturated heterocycles. The number of hydrogen-bond acceptors (Lipinski definition) is 3. The summed E-state index contributed by atoms with van der Waals surface area (Å²) in [4.78, 5) is 12.3. The highest BCUT2D eigenvalue weighted by atomic mass is 79.9. The summed E-state index contributed by atoms with van der Waals surface area (Å²) in [5, 5.41) is 7.79. The van der Waals surface area contributed by atoms with Crippen LogP contribution in [0.1, 0.15) is 47.0 Å². The first-order valence-corrected chi connectivity index (χ1v) is 8.70. The van der Waals surface area contributed by atoms with Crippen LogP contribution in [0.5, 0.6) is 0 Å². The minimum absolute atomic E-state index is 0.0501. The van der Waals surface area contributed by atoms with Gasteiger partial charge in [0.2, 0.25) is 0 Å². The Labute approximate surface area is 135 Å². The maximum Gasteiger partial charge on any atom is 0.283 e. The van der Waals surface area contributed by atoms with E-state index in [1.165, 1.54) is 11.1 Å². The molecule has 0 aliphatic heterocycles. The predicted octanol–water partition coefficient (Wildman–Crippen LogP) is 3.90. The minimum atomic E-state index is -0.0501. The van der Waals surface area contributed by atoms with Gasteiger partial charge in [-0.1, -0.05) is 27.7 Å². The fraction of sp³-hybridized carbons (Fsp3) is 0.750. The summed E-state index contributed by atoms with van der Waals surface area (Å²) in [6, 6.07) is 0.439. The first kappa shape index (κ1) is 16.5. The van der Waals surface area contributed by atoms with Crippen molar-refractivity contribution in [2.24, 2.45) is 17.8 Å². The van der Waals surface area contributed by atoms with E-state index in [1.54, 1.807) is 6.20 Å². The number of nitrogens with zero attached hydrogens (tertiary/aromatic N) is 2. The molecule has 0 spiro atoms. The first-order chi connectivity index (χ1) is 9.88. The Hall–Kier alpha value is -0.840. The largest absolute Gasteiger partial charge is 0.380 e. The SMILES string of the molecule is CC(C)Cn1ncc(NC2CCC(C)C(C)C2)c(Br)c1=O. The minimum Gasteiger partial charge on any atom is -0.380 e. The van der Waals surface area contributed by atoms with E-state index in [-0.39, 0.29) is 5.56 Å². The molecule has 1 aliphatic carbocycles. The molecular weight excluding hydrogens is 330 g/mol. The highest BCUT2D eigenvalue weighted by Crippen LogP contribution is 2.31. The summed E-state index contributed by atoms with van der Waals surface area (Å²) in [5.74, 6) is 1.93. The van der Waals surface area contributed by atoms with Crippen molar-refractivity contribution in [2.45, 2.75) is 59.5 Å². The Morgan fingerprint density at radius 2 is 2.10 bits per heavy atom. The van der Waals surface area contributed by atoms with Gasteiger partial charge < -0.3 is 5.32 Å². The van der Waals surface area contributed by atoms with E-state index < -0.39 is 0 Å². The molecule has 4 nitrogen and oxygen atoms in total. The Kier molecular flexibility index (Phi) is 5.47. The van der Waals surface area contributed by atoms with Crippen molar-refractivity contribution in [3.8, 4) is 0 Å². The molecule has 1 N–H and O–H groups in total. The highest BCUT2D eigenvalue weighted by Gasteiger charge is 2.25. The molecule has 3 atom stereocenters. The fourth-order valence-corrected chi connectivity index (χ4v) is 3.36. The van der Waals surface area contributed by atoms with Crippen molar-refractivity contribution in [3.05, 3.63) is 21.0 Å². The van der Waals surface area contributed by atoms with Crippen LogP contribution in [0, 0.1) is 17.8 Å². The third-order valence-corrected chi connectivity index (χ3v) is 5.25. The maximum atomic E-state index is 12.3. The summed E-state index contributed by atoms with van der Waals surface area (Å²) in [5.41, 5.74) is 0.776. The Bertz CT molecular complexity index is 541. The summed E-state index contributed by atoms with van der Waals surface area (Å²) < 4.78 is 2.13. The molecule has 1 aromatic rings. The molecule has 21 heavy (non-hydrogen) atoms. The Morgan fingerprint density at radius 3 is 2.71 bits per heavy atom. The molecule has 0 aromatic carbocycles. The molecular formula is C16H26BrN3O. The van der Waals surface area contributed by atoms with Crippen molar-refractivity contribution in [2.75, 3.05) is 5.32 Å². The quantitative estimate of drug-likeness (QED) is 0.890. The number of nitrogens with one attached hydrogen (secondary N) is 1. The second-order valence-corrected chi connectivity index (χ2v) is 7.66. The highest BCUT2D eigenvalue weighted by molar-refractivity contribution is 9.10. The van der Waals surface area contributed by atoms with Gasteiger partial charge in [0.15, 0.2) is 0 Å².